The van der Waals surface area contributed by atoms with Crippen molar-refractivity contribution in [2.75, 3.05) is 0 Å². The van der Waals surface area contributed by atoms with Gasteiger partial charge in [0.1, 0.15) is 11.6 Å². The standard InChI is InChI=1S/C20H14F2/c1-12-6-2-3-7-13(12)20-18-14(8-4-10-16(18)21)15-9-5-11-17(22)19(15)20/h2-11,20H,1H3. The van der Waals surface area contributed by atoms with E-state index in [1.807, 2.05) is 43.3 Å². The molecule has 1 aliphatic rings. The molecule has 0 aromatic heterocycles. The fourth-order valence-corrected chi connectivity index (χ4v) is 3.50. The molecule has 0 bridgehead atoms. The lowest BCUT2D eigenvalue weighted by Crippen LogP contribution is -2.05. The molecule has 0 amide bonds. The molecule has 0 saturated carbocycles. The fraction of sp³-hybridized carbons (Fsp3) is 0.100. The second kappa shape index (κ2) is 4.77. The lowest BCUT2D eigenvalue weighted by Gasteiger charge is -2.17. The molecule has 1 aliphatic carbocycles. The van der Waals surface area contributed by atoms with E-state index in [0.29, 0.717) is 11.1 Å². The molecule has 108 valence electrons. The van der Waals surface area contributed by atoms with Gasteiger partial charge in [-0.3, -0.25) is 0 Å². The Labute approximate surface area is 128 Å². The van der Waals surface area contributed by atoms with E-state index in [9.17, 15) is 8.78 Å². The normalized spacial score (nSPS) is 13.0. The van der Waals surface area contributed by atoms with Gasteiger partial charge in [0.25, 0.3) is 0 Å². The molecule has 3 aromatic carbocycles. The zero-order valence-corrected chi connectivity index (χ0v) is 12.1. The summed E-state index contributed by atoms with van der Waals surface area (Å²) < 4.78 is 29.1. The van der Waals surface area contributed by atoms with E-state index < -0.39 is 0 Å². The maximum atomic E-state index is 14.5. The third-order valence-corrected chi connectivity index (χ3v) is 4.47. The number of halogens is 2. The Morgan fingerprint density at radius 2 is 1.23 bits per heavy atom. The molecule has 0 saturated heterocycles. The topological polar surface area (TPSA) is 0 Å². The molecule has 0 atom stereocenters. The van der Waals surface area contributed by atoms with Gasteiger partial charge in [-0.05, 0) is 41.3 Å². The van der Waals surface area contributed by atoms with Crippen LogP contribution in [0.25, 0.3) is 11.1 Å². The molecule has 3 aromatic rings. The highest BCUT2D eigenvalue weighted by Crippen LogP contribution is 2.50. The molecule has 2 heteroatoms. The zero-order chi connectivity index (χ0) is 15.3. The predicted molar refractivity (Wildman–Crippen MR) is 83.9 cm³/mol. The summed E-state index contributed by atoms with van der Waals surface area (Å²) in [6.07, 6.45) is 0. The summed E-state index contributed by atoms with van der Waals surface area (Å²) in [5.74, 6) is -0.934. The van der Waals surface area contributed by atoms with E-state index in [0.717, 1.165) is 22.3 Å². The molecule has 0 nitrogen and oxygen atoms in total. The van der Waals surface area contributed by atoms with Crippen LogP contribution >= 0.6 is 0 Å². The van der Waals surface area contributed by atoms with Gasteiger partial charge in [-0.15, -0.1) is 0 Å². The van der Waals surface area contributed by atoms with Gasteiger partial charge in [0.2, 0.25) is 0 Å². The van der Waals surface area contributed by atoms with Crippen molar-refractivity contribution in [1.29, 1.82) is 0 Å². The average molecular weight is 292 g/mol. The Balaban J connectivity index is 2.10. The van der Waals surface area contributed by atoms with Gasteiger partial charge in [0, 0.05) is 17.0 Å². The quantitative estimate of drug-likeness (QED) is 0.438. The van der Waals surface area contributed by atoms with Crippen LogP contribution in [0.4, 0.5) is 8.78 Å². The van der Waals surface area contributed by atoms with Crippen molar-refractivity contribution < 1.29 is 8.78 Å². The smallest absolute Gasteiger partial charge is 0.127 e. The lowest BCUT2D eigenvalue weighted by atomic mass is 9.86. The minimum Gasteiger partial charge on any atom is -0.207 e. The van der Waals surface area contributed by atoms with Crippen molar-refractivity contribution >= 4 is 0 Å². The van der Waals surface area contributed by atoms with Crippen molar-refractivity contribution in [1.82, 2.24) is 0 Å². The van der Waals surface area contributed by atoms with Crippen LogP contribution in [0.2, 0.25) is 0 Å². The highest BCUT2D eigenvalue weighted by atomic mass is 19.1. The second-order valence-corrected chi connectivity index (χ2v) is 5.69. The zero-order valence-electron chi connectivity index (χ0n) is 12.1. The van der Waals surface area contributed by atoms with E-state index in [2.05, 4.69) is 0 Å². The summed E-state index contributed by atoms with van der Waals surface area (Å²) >= 11 is 0. The maximum Gasteiger partial charge on any atom is 0.127 e. The molecule has 0 radical (unpaired) electrons. The first-order chi connectivity index (χ1) is 10.7. The summed E-state index contributed by atoms with van der Waals surface area (Å²) in [7, 11) is 0. The molecular weight excluding hydrogens is 278 g/mol. The molecule has 0 fully saturated rings. The summed E-state index contributed by atoms with van der Waals surface area (Å²) in [6.45, 7) is 1.98. The molecule has 22 heavy (non-hydrogen) atoms. The summed E-state index contributed by atoms with van der Waals surface area (Å²) in [5, 5.41) is 0. The van der Waals surface area contributed by atoms with Crippen molar-refractivity contribution in [3.8, 4) is 11.1 Å². The van der Waals surface area contributed by atoms with E-state index in [1.165, 1.54) is 12.1 Å². The predicted octanol–water partition coefficient (Wildman–Crippen LogP) is 5.43. The minimum absolute atomic E-state index is 0.277. The van der Waals surface area contributed by atoms with Crippen molar-refractivity contribution in [3.05, 3.63) is 94.6 Å². The van der Waals surface area contributed by atoms with Crippen molar-refractivity contribution in [2.24, 2.45) is 0 Å². The summed E-state index contributed by atoms with van der Waals surface area (Å²) in [4.78, 5) is 0. The first-order valence-electron chi connectivity index (χ1n) is 7.31. The monoisotopic (exact) mass is 292 g/mol. The van der Waals surface area contributed by atoms with Gasteiger partial charge in [-0.25, -0.2) is 8.78 Å². The highest BCUT2D eigenvalue weighted by Gasteiger charge is 2.35. The number of fused-ring (bicyclic) bond motifs is 3. The number of rotatable bonds is 1. The largest absolute Gasteiger partial charge is 0.207 e. The molecule has 4 rings (SSSR count). The van der Waals surface area contributed by atoms with Gasteiger partial charge in [-0.2, -0.15) is 0 Å². The van der Waals surface area contributed by atoms with Crippen LogP contribution in [0.1, 0.15) is 28.2 Å². The van der Waals surface area contributed by atoms with Gasteiger partial charge < -0.3 is 0 Å². The maximum absolute atomic E-state index is 14.5. The Kier molecular flexibility index (Phi) is 2.86. The fourth-order valence-electron chi connectivity index (χ4n) is 3.50. The Morgan fingerprint density at radius 3 is 1.77 bits per heavy atom. The van der Waals surface area contributed by atoms with Crippen LogP contribution < -0.4 is 0 Å². The molecule has 0 unspecified atom stereocenters. The molecule has 0 heterocycles. The minimum atomic E-state index is -0.381. The molecule has 0 aliphatic heterocycles. The van der Waals surface area contributed by atoms with Crippen LogP contribution in [0.3, 0.4) is 0 Å². The first-order valence-corrected chi connectivity index (χ1v) is 7.31. The Hall–Kier alpha value is -2.48. The first kappa shape index (κ1) is 13.2. The van der Waals surface area contributed by atoms with Gasteiger partial charge in [0.05, 0.1) is 0 Å². The van der Waals surface area contributed by atoms with E-state index in [1.54, 1.807) is 12.1 Å². The van der Waals surface area contributed by atoms with Crippen LogP contribution in [0, 0.1) is 18.6 Å². The highest BCUT2D eigenvalue weighted by molar-refractivity contribution is 5.81. The number of aryl methyl sites for hydroxylation is 1. The number of hydrogen-bond donors (Lipinski definition) is 0. The van der Waals surface area contributed by atoms with E-state index >= 15 is 0 Å². The third-order valence-electron chi connectivity index (χ3n) is 4.47. The SMILES string of the molecule is Cc1ccccc1C1c2c(F)cccc2-c2cccc(F)c21. The second-order valence-electron chi connectivity index (χ2n) is 5.69. The van der Waals surface area contributed by atoms with Crippen LogP contribution in [-0.4, -0.2) is 0 Å². The molecule has 0 N–H and O–H groups in total. The Morgan fingerprint density at radius 1 is 0.682 bits per heavy atom. The number of hydrogen-bond acceptors (Lipinski definition) is 0. The summed E-state index contributed by atoms with van der Waals surface area (Å²) in [6, 6.07) is 17.8. The van der Waals surface area contributed by atoms with Crippen LogP contribution in [0.5, 0.6) is 0 Å². The van der Waals surface area contributed by atoms with Gasteiger partial charge in [0.15, 0.2) is 0 Å². The van der Waals surface area contributed by atoms with Crippen molar-refractivity contribution in [2.45, 2.75) is 12.8 Å². The van der Waals surface area contributed by atoms with Crippen LogP contribution in [-0.2, 0) is 0 Å². The van der Waals surface area contributed by atoms with Crippen molar-refractivity contribution in [3.63, 3.8) is 0 Å². The van der Waals surface area contributed by atoms with Crippen LogP contribution in [0.15, 0.2) is 60.7 Å². The number of benzene rings is 3. The van der Waals surface area contributed by atoms with E-state index in [4.69, 9.17) is 0 Å². The lowest BCUT2D eigenvalue weighted by molar-refractivity contribution is 0.593. The molecular formula is C20H14F2. The van der Waals surface area contributed by atoms with E-state index in [-0.39, 0.29) is 17.6 Å². The summed E-state index contributed by atoms with van der Waals surface area (Å²) in [5.41, 5.74) is 4.75. The van der Waals surface area contributed by atoms with Gasteiger partial charge in [-0.1, -0.05) is 48.5 Å². The Bertz CT molecular complexity index is 829. The third kappa shape index (κ3) is 1.73. The van der Waals surface area contributed by atoms with Gasteiger partial charge >= 0.3 is 0 Å². The average Bonchev–Trinajstić information content (AvgIpc) is 2.85. The molecule has 0 spiro atoms.